The van der Waals surface area contributed by atoms with Crippen LogP contribution in [0.3, 0.4) is 0 Å². The van der Waals surface area contributed by atoms with E-state index in [2.05, 4.69) is 25.2 Å². The fourth-order valence-electron chi connectivity index (χ4n) is 0.554. The van der Waals surface area contributed by atoms with Gasteiger partial charge in [-0.05, 0) is 13.3 Å². The van der Waals surface area contributed by atoms with Crippen molar-refractivity contribution in [3.63, 3.8) is 0 Å². The summed E-state index contributed by atoms with van der Waals surface area (Å²) < 4.78 is 0. The van der Waals surface area contributed by atoms with E-state index in [1.165, 1.54) is 12.0 Å². The number of allylic oxidation sites excluding steroid dienone is 4. The molecule has 0 radical (unpaired) electrons. The maximum absolute atomic E-state index is 9.37. The molecule has 2 nitrogen and oxygen atoms in total. The quantitative estimate of drug-likeness (QED) is 0.629. The van der Waals surface area contributed by atoms with Crippen molar-refractivity contribution in [1.29, 1.82) is 0 Å². The Morgan fingerprint density at radius 3 is 2.36 bits per heavy atom. The molecular weight excluding hydrogens is 140 g/mol. The molecule has 11 heavy (non-hydrogen) atoms. The minimum absolute atomic E-state index is 0.222. The third-order valence-corrected chi connectivity index (χ3v) is 1.26. The maximum atomic E-state index is 9.37. The third-order valence-electron chi connectivity index (χ3n) is 1.26. The number of hydrogen-bond donors (Lipinski definition) is 1. The number of carbonyl (C=O) groups is 1. The molecule has 1 rings (SSSR count). The van der Waals surface area contributed by atoms with Crippen LogP contribution in [0.15, 0.2) is 23.8 Å². The topological polar surface area (TPSA) is 37.3 Å². The Bertz CT molecular complexity index is 178. The second kappa shape index (κ2) is 5.71. The summed E-state index contributed by atoms with van der Waals surface area (Å²) in [5.41, 5.74) is 1.47. The van der Waals surface area contributed by atoms with E-state index in [4.69, 9.17) is 5.11 Å². The first kappa shape index (κ1) is 9.95. The van der Waals surface area contributed by atoms with Gasteiger partial charge in [0.15, 0.2) is 0 Å². The third kappa shape index (κ3) is 6.84. The fraction of sp³-hybridized carbons (Fsp3) is 0.444. The first-order valence-corrected chi connectivity index (χ1v) is 3.71. The molecule has 0 saturated carbocycles. The molecule has 2 heteroatoms. The van der Waals surface area contributed by atoms with Crippen molar-refractivity contribution < 1.29 is 9.90 Å². The van der Waals surface area contributed by atoms with Crippen molar-refractivity contribution in [2.75, 3.05) is 0 Å². The summed E-state index contributed by atoms with van der Waals surface area (Å²) in [6.07, 6.45) is 7.78. The molecule has 0 amide bonds. The van der Waals surface area contributed by atoms with E-state index < -0.39 is 5.97 Å². The highest BCUT2D eigenvalue weighted by Crippen LogP contribution is 2.06. The van der Waals surface area contributed by atoms with Gasteiger partial charge in [0.05, 0.1) is 0 Å². The van der Waals surface area contributed by atoms with Crippen LogP contribution in [0.1, 0.15) is 26.7 Å². The van der Waals surface area contributed by atoms with Crippen molar-refractivity contribution in [2.45, 2.75) is 26.7 Å². The van der Waals surface area contributed by atoms with E-state index in [-0.39, 0.29) is 6.42 Å². The van der Waals surface area contributed by atoms with E-state index in [0.29, 0.717) is 0 Å². The van der Waals surface area contributed by atoms with Crippen LogP contribution in [-0.4, -0.2) is 11.1 Å². The molecule has 1 aliphatic carbocycles. The summed E-state index contributed by atoms with van der Waals surface area (Å²) in [5.74, 6) is -0.745. The Balaban J connectivity index is 0.000000187. The second-order valence-electron chi connectivity index (χ2n) is 2.39. The van der Waals surface area contributed by atoms with Gasteiger partial charge in [-0.2, -0.15) is 0 Å². The zero-order chi connectivity index (χ0) is 8.69. The highest BCUT2D eigenvalue weighted by Gasteiger charge is 1.86. The second-order valence-corrected chi connectivity index (χ2v) is 2.39. The van der Waals surface area contributed by atoms with Crippen molar-refractivity contribution in [3.05, 3.63) is 23.8 Å². The highest BCUT2D eigenvalue weighted by atomic mass is 16.4. The first-order chi connectivity index (χ1) is 5.16. The molecule has 0 spiro atoms. The smallest absolute Gasteiger partial charge is 0.303 e. The molecule has 0 heterocycles. The normalized spacial score (nSPS) is 13.5. The Hall–Kier alpha value is -1.05. The first-order valence-electron chi connectivity index (χ1n) is 3.71. The van der Waals surface area contributed by atoms with E-state index in [1.807, 2.05) is 0 Å². The van der Waals surface area contributed by atoms with Crippen LogP contribution in [0.2, 0.25) is 0 Å². The van der Waals surface area contributed by atoms with Gasteiger partial charge in [-0.15, -0.1) is 0 Å². The van der Waals surface area contributed by atoms with Crippen LogP contribution in [-0.2, 0) is 4.79 Å². The minimum Gasteiger partial charge on any atom is -0.481 e. The lowest BCUT2D eigenvalue weighted by Gasteiger charge is -1.78. The van der Waals surface area contributed by atoms with Crippen LogP contribution in [0, 0.1) is 0 Å². The summed E-state index contributed by atoms with van der Waals surface area (Å²) in [6.45, 7) is 3.74. The summed E-state index contributed by atoms with van der Waals surface area (Å²) in [4.78, 5) is 9.37. The van der Waals surface area contributed by atoms with Gasteiger partial charge in [-0.1, -0.05) is 30.7 Å². The van der Waals surface area contributed by atoms with Crippen molar-refractivity contribution in [3.8, 4) is 0 Å². The van der Waals surface area contributed by atoms with Gasteiger partial charge in [0.1, 0.15) is 0 Å². The van der Waals surface area contributed by atoms with Crippen LogP contribution in [0.5, 0.6) is 0 Å². The SMILES string of the molecule is CC1=CC=CC1.CCC(=O)O. The van der Waals surface area contributed by atoms with Gasteiger partial charge in [-0.25, -0.2) is 0 Å². The van der Waals surface area contributed by atoms with Gasteiger partial charge < -0.3 is 5.11 Å². The molecule has 0 saturated heterocycles. The summed E-state index contributed by atoms with van der Waals surface area (Å²) in [5, 5.41) is 7.72. The molecule has 0 aromatic rings. The zero-order valence-corrected chi connectivity index (χ0v) is 7.00. The van der Waals surface area contributed by atoms with Gasteiger partial charge in [0.25, 0.3) is 0 Å². The largest absolute Gasteiger partial charge is 0.481 e. The molecule has 0 atom stereocenters. The monoisotopic (exact) mass is 154 g/mol. The van der Waals surface area contributed by atoms with E-state index >= 15 is 0 Å². The predicted octanol–water partition coefficient (Wildman–Crippen LogP) is 2.37. The molecule has 0 aliphatic heterocycles. The van der Waals surface area contributed by atoms with Gasteiger partial charge in [0.2, 0.25) is 0 Å². The molecule has 0 bridgehead atoms. The van der Waals surface area contributed by atoms with E-state index in [9.17, 15) is 4.79 Å². The van der Waals surface area contributed by atoms with E-state index in [0.717, 1.165) is 0 Å². The summed E-state index contributed by atoms with van der Waals surface area (Å²) in [6, 6.07) is 0. The molecule has 0 fully saturated rings. The average Bonchev–Trinajstić information content (AvgIpc) is 2.41. The Labute approximate surface area is 67.2 Å². The molecule has 0 unspecified atom stereocenters. The Kier molecular flexibility index (Phi) is 5.17. The lowest BCUT2D eigenvalue weighted by molar-refractivity contribution is -0.136. The highest BCUT2D eigenvalue weighted by molar-refractivity contribution is 5.66. The van der Waals surface area contributed by atoms with Crippen LogP contribution in [0.4, 0.5) is 0 Å². The van der Waals surface area contributed by atoms with Crippen molar-refractivity contribution in [2.24, 2.45) is 0 Å². The molecule has 1 aliphatic rings. The molecule has 1 N–H and O–H groups in total. The standard InChI is InChI=1S/C6H8.C3H6O2/c1-6-4-2-3-5-6;1-2-3(4)5/h2-4H,5H2,1H3;2H2,1H3,(H,4,5). The predicted molar refractivity (Wildman–Crippen MR) is 45.4 cm³/mol. The van der Waals surface area contributed by atoms with Crippen LogP contribution < -0.4 is 0 Å². The van der Waals surface area contributed by atoms with Gasteiger partial charge in [0, 0.05) is 6.42 Å². The number of rotatable bonds is 1. The summed E-state index contributed by atoms with van der Waals surface area (Å²) >= 11 is 0. The molecule has 0 aromatic heterocycles. The number of carboxylic acids is 1. The Morgan fingerprint density at radius 1 is 1.73 bits per heavy atom. The maximum Gasteiger partial charge on any atom is 0.303 e. The lowest BCUT2D eigenvalue weighted by Crippen LogP contribution is -1.86. The Morgan fingerprint density at radius 2 is 2.27 bits per heavy atom. The zero-order valence-electron chi connectivity index (χ0n) is 7.00. The fourth-order valence-corrected chi connectivity index (χ4v) is 0.554. The average molecular weight is 154 g/mol. The van der Waals surface area contributed by atoms with Crippen LogP contribution >= 0.6 is 0 Å². The van der Waals surface area contributed by atoms with Crippen LogP contribution in [0.25, 0.3) is 0 Å². The number of aliphatic carboxylic acids is 1. The summed E-state index contributed by atoms with van der Waals surface area (Å²) in [7, 11) is 0. The lowest BCUT2D eigenvalue weighted by atomic mass is 10.3. The van der Waals surface area contributed by atoms with Crippen molar-refractivity contribution >= 4 is 5.97 Å². The van der Waals surface area contributed by atoms with Crippen molar-refractivity contribution in [1.82, 2.24) is 0 Å². The van der Waals surface area contributed by atoms with Gasteiger partial charge >= 0.3 is 5.97 Å². The number of carboxylic acid groups (broad SMARTS) is 1. The number of hydrogen-bond acceptors (Lipinski definition) is 1. The minimum atomic E-state index is -0.745. The van der Waals surface area contributed by atoms with Gasteiger partial charge in [-0.3, -0.25) is 4.79 Å². The molecule has 0 aromatic carbocycles. The molecular formula is C9H14O2. The van der Waals surface area contributed by atoms with E-state index in [1.54, 1.807) is 6.92 Å². The molecule has 62 valence electrons.